The zero-order valence-electron chi connectivity index (χ0n) is 11.6. The fourth-order valence-electron chi connectivity index (χ4n) is 2.18. The first-order valence-corrected chi connectivity index (χ1v) is 6.52. The van der Waals surface area contributed by atoms with Gasteiger partial charge in [0.05, 0.1) is 6.54 Å². The SMILES string of the molecule is CCC1(C)NC(=O)N(Cc2cc(CN)ccc2F)C1=O. The van der Waals surface area contributed by atoms with Gasteiger partial charge in [0.2, 0.25) is 0 Å². The normalized spacial score (nSPS) is 22.3. The minimum Gasteiger partial charge on any atom is -0.326 e. The summed E-state index contributed by atoms with van der Waals surface area (Å²) in [5.41, 5.74) is 5.66. The number of carbonyl (C=O) groups is 2. The second kappa shape index (κ2) is 5.20. The monoisotopic (exact) mass is 279 g/mol. The van der Waals surface area contributed by atoms with Crippen LogP contribution in [0.15, 0.2) is 18.2 Å². The summed E-state index contributed by atoms with van der Waals surface area (Å²) < 4.78 is 13.8. The van der Waals surface area contributed by atoms with E-state index in [1.165, 1.54) is 6.07 Å². The zero-order chi connectivity index (χ0) is 14.9. The van der Waals surface area contributed by atoms with Crippen LogP contribution in [0, 0.1) is 5.82 Å². The number of hydrogen-bond acceptors (Lipinski definition) is 3. The van der Waals surface area contributed by atoms with Crippen LogP contribution in [0.4, 0.5) is 9.18 Å². The van der Waals surface area contributed by atoms with E-state index in [2.05, 4.69) is 5.32 Å². The molecule has 1 aliphatic rings. The Morgan fingerprint density at radius 2 is 2.10 bits per heavy atom. The molecule has 6 heteroatoms. The van der Waals surface area contributed by atoms with Gasteiger partial charge in [0.1, 0.15) is 11.4 Å². The van der Waals surface area contributed by atoms with E-state index in [4.69, 9.17) is 5.73 Å². The smallest absolute Gasteiger partial charge is 0.325 e. The predicted octanol–water partition coefficient (Wildman–Crippen LogP) is 1.50. The summed E-state index contributed by atoms with van der Waals surface area (Å²) >= 11 is 0. The average Bonchev–Trinajstić information content (AvgIpc) is 2.65. The van der Waals surface area contributed by atoms with Crippen molar-refractivity contribution in [2.24, 2.45) is 5.73 Å². The van der Waals surface area contributed by atoms with Gasteiger partial charge in [-0.15, -0.1) is 0 Å². The summed E-state index contributed by atoms with van der Waals surface area (Å²) in [7, 11) is 0. The Morgan fingerprint density at radius 1 is 1.40 bits per heavy atom. The van der Waals surface area contributed by atoms with E-state index in [0.717, 1.165) is 10.5 Å². The number of benzene rings is 1. The molecule has 0 radical (unpaired) electrons. The van der Waals surface area contributed by atoms with Gasteiger partial charge in [-0.3, -0.25) is 9.69 Å². The van der Waals surface area contributed by atoms with Crippen LogP contribution in [0.5, 0.6) is 0 Å². The van der Waals surface area contributed by atoms with Crippen molar-refractivity contribution in [1.29, 1.82) is 0 Å². The van der Waals surface area contributed by atoms with Crippen LogP contribution in [0.3, 0.4) is 0 Å². The number of amides is 3. The van der Waals surface area contributed by atoms with Crippen molar-refractivity contribution in [1.82, 2.24) is 10.2 Å². The van der Waals surface area contributed by atoms with Crippen LogP contribution >= 0.6 is 0 Å². The number of urea groups is 1. The molecule has 1 heterocycles. The summed E-state index contributed by atoms with van der Waals surface area (Å²) in [5, 5.41) is 2.64. The van der Waals surface area contributed by atoms with Gasteiger partial charge in [0.25, 0.3) is 5.91 Å². The molecule has 1 saturated heterocycles. The van der Waals surface area contributed by atoms with Crippen LogP contribution in [-0.4, -0.2) is 22.4 Å². The van der Waals surface area contributed by atoms with Crippen LogP contribution in [0.25, 0.3) is 0 Å². The standard InChI is InChI=1S/C14H18FN3O2/c1-3-14(2)12(19)18(13(20)17-14)8-10-6-9(7-16)4-5-11(10)15/h4-6H,3,7-8,16H2,1-2H3,(H,17,20). The number of imide groups is 1. The third-order valence-corrected chi connectivity index (χ3v) is 3.73. The molecule has 1 aromatic rings. The average molecular weight is 279 g/mol. The van der Waals surface area contributed by atoms with Gasteiger partial charge < -0.3 is 11.1 Å². The van der Waals surface area contributed by atoms with Gasteiger partial charge in [-0.25, -0.2) is 9.18 Å². The van der Waals surface area contributed by atoms with E-state index >= 15 is 0 Å². The van der Waals surface area contributed by atoms with Crippen molar-refractivity contribution >= 4 is 11.9 Å². The summed E-state index contributed by atoms with van der Waals surface area (Å²) in [6.07, 6.45) is 0.486. The summed E-state index contributed by atoms with van der Waals surface area (Å²) in [6.45, 7) is 3.68. The lowest BCUT2D eigenvalue weighted by atomic mass is 9.99. The molecule has 3 amide bonds. The maximum atomic E-state index is 13.8. The Bertz CT molecular complexity index is 561. The van der Waals surface area contributed by atoms with Crippen molar-refractivity contribution in [3.8, 4) is 0 Å². The van der Waals surface area contributed by atoms with Gasteiger partial charge in [-0.05, 0) is 31.0 Å². The van der Waals surface area contributed by atoms with Crippen molar-refractivity contribution in [3.63, 3.8) is 0 Å². The molecule has 0 saturated carbocycles. The van der Waals surface area contributed by atoms with Gasteiger partial charge >= 0.3 is 6.03 Å². The molecular formula is C14H18FN3O2. The molecule has 0 spiro atoms. The van der Waals surface area contributed by atoms with E-state index in [1.807, 2.05) is 6.92 Å². The van der Waals surface area contributed by atoms with E-state index in [0.29, 0.717) is 6.42 Å². The van der Waals surface area contributed by atoms with Crippen molar-refractivity contribution < 1.29 is 14.0 Å². The van der Waals surface area contributed by atoms with Crippen molar-refractivity contribution in [2.75, 3.05) is 0 Å². The Balaban J connectivity index is 2.26. The number of nitrogens with two attached hydrogens (primary N) is 1. The maximum absolute atomic E-state index is 13.8. The largest absolute Gasteiger partial charge is 0.326 e. The van der Waals surface area contributed by atoms with Crippen LogP contribution in [0.2, 0.25) is 0 Å². The third-order valence-electron chi connectivity index (χ3n) is 3.73. The molecule has 5 nitrogen and oxygen atoms in total. The molecule has 20 heavy (non-hydrogen) atoms. The van der Waals surface area contributed by atoms with Gasteiger partial charge in [0, 0.05) is 12.1 Å². The van der Waals surface area contributed by atoms with Crippen LogP contribution in [-0.2, 0) is 17.9 Å². The number of halogens is 1. The second-order valence-electron chi connectivity index (χ2n) is 5.14. The molecular weight excluding hydrogens is 261 g/mol. The zero-order valence-corrected chi connectivity index (χ0v) is 11.6. The Morgan fingerprint density at radius 3 is 2.65 bits per heavy atom. The molecule has 3 N–H and O–H groups in total. The number of nitrogens with one attached hydrogen (secondary N) is 1. The highest BCUT2D eigenvalue weighted by Gasteiger charge is 2.46. The molecule has 2 rings (SSSR count). The number of nitrogens with zero attached hydrogens (tertiary/aromatic N) is 1. The van der Waals surface area contributed by atoms with Gasteiger partial charge in [-0.1, -0.05) is 13.0 Å². The van der Waals surface area contributed by atoms with Crippen molar-refractivity contribution in [3.05, 3.63) is 35.1 Å². The molecule has 1 unspecified atom stereocenters. The molecule has 1 atom stereocenters. The highest BCUT2D eigenvalue weighted by molar-refractivity contribution is 6.06. The second-order valence-corrected chi connectivity index (χ2v) is 5.14. The number of rotatable bonds is 4. The van der Waals surface area contributed by atoms with Crippen LogP contribution < -0.4 is 11.1 Å². The molecule has 1 fully saturated rings. The molecule has 1 aromatic carbocycles. The third kappa shape index (κ3) is 2.38. The van der Waals surface area contributed by atoms with E-state index < -0.39 is 17.4 Å². The molecule has 0 bridgehead atoms. The first-order valence-electron chi connectivity index (χ1n) is 6.52. The summed E-state index contributed by atoms with van der Waals surface area (Å²) in [5.74, 6) is -0.782. The maximum Gasteiger partial charge on any atom is 0.325 e. The Kier molecular flexibility index (Phi) is 3.76. The van der Waals surface area contributed by atoms with E-state index in [-0.39, 0.29) is 24.6 Å². The minimum atomic E-state index is -0.904. The van der Waals surface area contributed by atoms with E-state index in [1.54, 1.807) is 19.1 Å². The van der Waals surface area contributed by atoms with E-state index in [9.17, 15) is 14.0 Å². The number of carbonyl (C=O) groups excluding carboxylic acids is 2. The minimum absolute atomic E-state index is 0.0834. The van der Waals surface area contributed by atoms with Gasteiger partial charge in [-0.2, -0.15) is 0 Å². The Labute approximate surface area is 116 Å². The first-order chi connectivity index (χ1) is 9.41. The summed E-state index contributed by atoms with van der Waals surface area (Å²) in [6, 6.07) is 3.98. The van der Waals surface area contributed by atoms with Crippen LogP contribution in [0.1, 0.15) is 31.4 Å². The highest BCUT2D eigenvalue weighted by Crippen LogP contribution is 2.23. The predicted molar refractivity (Wildman–Crippen MR) is 72.1 cm³/mol. The fraction of sp³-hybridized carbons (Fsp3) is 0.429. The topological polar surface area (TPSA) is 75.4 Å². The fourth-order valence-corrected chi connectivity index (χ4v) is 2.18. The molecule has 1 aliphatic heterocycles. The van der Waals surface area contributed by atoms with Gasteiger partial charge in [0.15, 0.2) is 0 Å². The highest BCUT2D eigenvalue weighted by atomic mass is 19.1. The lowest BCUT2D eigenvalue weighted by Gasteiger charge is -2.19. The molecule has 0 aromatic heterocycles. The quantitative estimate of drug-likeness (QED) is 0.820. The molecule has 108 valence electrons. The first kappa shape index (κ1) is 14.5. The Hall–Kier alpha value is -1.95. The lowest BCUT2D eigenvalue weighted by molar-refractivity contribution is -0.131. The lowest BCUT2D eigenvalue weighted by Crippen LogP contribution is -2.43. The summed E-state index contributed by atoms with van der Waals surface area (Å²) in [4.78, 5) is 25.2. The number of hydrogen-bond donors (Lipinski definition) is 2. The molecule has 0 aliphatic carbocycles. The van der Waals surface area contributed by atoms with Crippen molar-refractivity contribution in [2.45, 2.75) is 38.9 Å².